The van der Waals surface area contributed by atoms with Crippen molar-refractivity contribution in [2.75, 3.05) is 25.0 Å². The number of pyridine rings is 1. The van der Waals surface area contributed by atoms with Gasteiger partial charge in [0, 0.05) is 26.7 Å². The Morgan fingerprint density at radius 3 is 2.50 bits per heavy atom. The Kier molecular flexibility index (Phi) is 4.37. The van der Waals surface area contributed by atoms with Gasteiger partial charge in [0.05, 0.1) is 11.9 Å². The van der Waals surface area contributed by atoms with E-state index in [9.17, 15) is 4.79 Å². The Morgan fingerprint density at radius 1 is 1.14 bits per heavy atom. The molecule has 4 heteroatoms. The summed E-state index contributed by atoms with van der Waals surface area (Å²) in [5, 5.41) is 0. The molecule has 4 nitrogen and oxygen atoms in total. The van der Waals surface area contributed by atoms with Crippen molar-refractivity contribution in [3.05, 3.63) is 59.9 Å². The molecule has 1 saturated heterocycles. The van der Waals surface area contributed by atoms with Crippen LogP contribution < -0.4 is 4.90 Å². The van der Waals surface area contributed by atoms with Gasteiger partial charge in [-0.3, -0.25) is 4.79 Å². The number of amides is 1. The minimum atomic E-state index is -0.0446. The van der Waals surface area contributed by atoms with Crippen LogP contribution >= 0.6 is 0 Å². The third kappa shape index (κ3) is 3.27. The molecule has 0 N–H and O–H groups in total. The Labute approximate surface area is 131 Å². The van der Waals surface area contributed by atoms with Gasteiger partial charge in [0.1, 0.15) is 5.69 Å². The second-order valence-corrected chi connectivity index (χ2v) is 5.74. The van der Waals surface area contributed by atoms with Crippen molar-refractivity contribution in [3.8, 4) is 0 Å². The number of hydrogen-bond acceptors (Lipinski definition) is 3. The lowest BCUT2D eigenvalue weighted by molar-refractivity contribution is 0.0779. The molecule has 0 bridgehead atoms. The number of benzene rings is 1. The zero-order valence-electron chi connectivity index (χ0n) is 12.9. The van der Waals surface area contributed by atoms with Crippen LogP contribution in [0.15, 0.2) is 48.7 Å². The lowest BCUT2D eigenvalue weighted by atomic mass is 10.2. The molecule has 0 unspecified atom stereocenters. The molecule has 1 aliphatic rings. The van der Waals surface area contributed by atoms with Crippen LogP contribution in [0.4, 0.5) is 5.69 Å². The molecule has 0 spiro atoms. The highest BCUT2D eigenvalue weighted by Gasteiger charge is 2.16. The summed E-state index contributed by atoms with van der Waals surface area (Å²) < 4.78 is 0. The van der Waals surface area contributed by atoms with Crippen molar-refractivity contribution < 1.29 is 4.79 Å². The van der Waals surface area contributed by atoms with E-state index < -0.39 is 0 Å². The highest BCUT2D eigenvalue weighted by Crippen LogP contribution is 2.19. The van der Waals surface area contributed by atoms with Gasteiger partial charge in [-0.25, -0.2) is 4.98 Å². The molecule has 114 valence electrons. The Balaban J connectivity index is 1.66. The molecule has 0 saturated carbocycles. The average molecular weight is 295 g/mol. The standard InChI is InChI=1S/C18H21N3O/c1-20(14-15-7-3-2-4-8-15)18(22)17-10-9-16(13-19-17)21-11-5-6-12-21/h2-4,7-10,13H,5-6,11-12,14H2,1H3. The molecule has 22 heavy (non-hydrogen) atoms. The predicted octanol–water partition coefficient (Wildman–Crippen LogP) is 2.95. The first-order chi connectivity index (χ1) is 10.7. The van der Waals surface area contributed by atoms with Gasteiger partial charge in [0.2, 0.25) is 0 Å². The fourth-order valence-corrected chi connectivity index (χ4v) is 2.80. The van der Waals surface area contributed by atoms with Crippen molar-refractivity contribution in [2.45, 2.75) is 19.4 Å². The van der Waals surface area contributed by atoms with E-state index in [0.717, 1.165) is 24.3 Å². The molecule has 0 aliphatic carbocycles. The molecule has 1 amide bonds. The van der Waals surface area contributed by atoms with Crippen molar-refractivity contribution in [3.63, 3.8) is 0 Å². The maximum absolute atomic E-state index is 12.4. The van der Waals surface area contributed by atoms with Crippen molar-refractivity contribution >= 4 is 11.6 Å². The topological polar surface area (TPSA) is 36.4 Å². The Bertz CT molecular complexity index is 619. The molecule has 1 aromatic heterocycles. The van der Waals surface area contributed by atoms with E-state index in [2.05, 4.69) is 9.88 Å². The largest absolute Gasteiger partial charge is 0.370 e. The SMILES string of the molecule is CN(Cc1ccccc1)C(=O)c1ccc(N2CCCC2)cn1. The van der Waals surface area contributed by atoms with Gasteiger partial charge in [0.15, 0.2) is 0 Å². The first kappa shape index (κ1) is 14.6. The highest BCUT2D eigenvalue weighted by atomic mass is 16.2. The van der Waals surface area contributed by atoms with Crippen molar-refractivity contribution in [1.82, 2.24) is 9.88 Å². The molecular formula is C18H21N3O. The summed E-state index contributed by atoms with van der Waals surface area (Å²) in [7, 11) is 1.81. The van der Waals surface area contributed by atoms with Crippen LogP contribution in [0.1, 0.15) is 28.9 Å². The minimum Gasteiger partial charge on any atom is -0.370 e. The zero-order valence-corrected chi connectivity index (χ0v) is 12.9. The van der Waals surface area contributed by atoms with Crippen LogP contribution in [0.25, 0.3) is 0 Å². The first-order valence-electron chi connectivity index (χ1n) is 7.74. The summed E-state index contributed by atoms with van der Waals surface area (Å²) in [6.45, 7) is 2.76. The lowest BCUT2D eigenvalue weighted by Gasteiger charge is -2.19. The second-order valence-electron chi connectivity index (χ2n) is 5.74. The third-order valence-corrected chi connectivity index (χ3v) is 4.05. The minimum absolute atomic E-state index is 0.0446. The quantitative estimate of drug-likeness (QED) is 0.870. The van der Waals surface area contributed by atoms with Crippen molar-refractivity contribution in [2.24, 2.45) is 0 Å². The number of carbonyl (C=O) groups excluding carboxylic acids is 1. The van der Waals surface area contributed by atoms with E-state index >= 15 is 0 Å². The fraction of sp³-hybridized carbons (Fsp3) is 0.333. The summed E-state index contributed by atoms with van der Waals surface area (Å²) >= 11 is 0. The summed E-state index contributed by atoms with van der Waals surface area (Å²) in [6.07, 6.45) is 4.29. The average Bonchev–Trinajstić information content (AvgIpc) is 3.10. The molecule has 0 radical (unpaired) electrons. The van der Waals surface area contributed by atoms with Gasteiger partial charge in [-0.05, 0) is 30.5 Å². The smallest absolute Gasteiger partial charge is 0.272 e. The molecule has 0 atom stereocenters. The number of carbonyl (C=O) groups is 1. The van der Waals surface area contributed by atoms with Gasteiger partial charge in [0.25, 0.3) is 5.91 Å². The molecule has 2 aromatic rings. The Hall–Kier alpha value is -2.36. The van der Waals surface area contributed by atoms with Gasteiger partial charge in [-0.2, -0.15) is 0 Å². The number of nitrogens with zero attached hydrogens (tertiary/aromatic N) is 3. The summed E-state index contributed by atoms with van der Waals surface area (Å²) in [5.41, 5.74) is 2.73. The van der Waals surface area contributed by atoms with Crippen molar-refractivity contribution in [1.29, 1.82) is 0 Å². The van der Waals surface area contributed by atoms with Gasteiger partial charge in [-0.1, -0.05) is 30.3 Å². The van der Waals surface area contributed by atoms with Crippen LogP contribution in [0.2, 0.25) is 0 Å². The van der Waals surface area contributed by atoms with Gasteiger partial charge < -0.3 is 9.80 Å². The van der Waals surface area contributed by atoms with Gasteiger partial charge in [-0.15, -0.1) is 0 Å². The van der Waals surface area contributed by atoms with Crippen LogP contribution in [-0.4, -0.2) is 35.9 Å². The fourth-order valence-electron chi connectivity index (χ4n) is 2.80. The Morgan fingerprint density at radius 2 is 1.86 bits per heavy atom. The summed E-state index contributed by atoms with van der Waals surface area (Å²) in [4.78, 5) is 20.8. The van der Waals surface area contributed by atoms with Crippen LogP contribution in [-0.2, 0) is 6.54 Å². The second kappa shape index (κ2) is 6.60. The molecular weight excluding hydrogens is 274 g/mol. The van der Waals surface area contributed by atoms with Crippen LogP contribution in [0, 0.1) is 0 Å². The molecule has 1 fully saturated rings. The van der Waals surface area contributed by atoms with E-state index in [1.165, 1.54) is 12.8 Å². The lowest BCUT2D eigenvalue weighted by Crippen LogP contribution is -2.27. The normalized spacial score (nSPS) is 14.1. The number of anilines is 1. The maximum Gasteiger partial charge on any atom is 0.272 e. The first-order valence-corrected chi connectivity index (χ1v) is 7.74. The summed E-state index contributed by atoms with van der Waals surface area (Å²) in [6, 6.07) is 13.8. The number of hydrogen-bond donors (Lipinski definition) is 0. The van der Waals surface area contributed by atoms with E-state index in [4.69, 9.17) is 0 Å². The van der Waals surface area contributed by atoms with E-state index in [1.807, 2.05) is 55.7 Å². The number of rotatable bonds is 4. The molecule has 2 heterocycles. The maximum atomic E-state index is 12.4. The summed E-state index contributed by atoms with van der Waals surface area (Å²) in [5.74, 6) is -0.0446. The molecule has 3 rings (SSSR count). The van der Waals surface area contributed by atoms with E-state index in [-0.39, 0.29) is 5.91 Å². The molecule has 1 aromatic carbocycles. The monoisotopic (exact) mass is 295 g/mol. The van der Waals surface area contributed by atoms with E-state index in [0.29, 0.717) is 12.2 Å². The van der Waals surface area contributed by atoms with Crippen LogP contribution in [0.3, 0.4) is 0 Å². The third-order valence-electron chi connectivity index (χ3n) is 4.05. The van der Waals surface area contributed by atoms with E-state index in [1.54, 1.807) is 4.90 Å². The highest BCUT2D eigenvalue weighted by molar-refractivity contribution is 5.92. The molecule has 1 aliphatic heterocycles. The predicted molar refractivity (Wildman–Crippen MR) is 87.9 cm³/mol. The zero-order chi connectivity index (χ0) is 15.4. The van der Waals surface area contributed by atoms with Crippen LogP contribution in [0.5, 0.6) is 0 Å². The number of aromatic nitrogens is 1. The van der Waals surface area contributed by atoms with Gasteiger partial charge >= 0.3 is 0 Å².